The second-order valence-electron chi connectivity index (χ2n) is 6.43. The molecule has 0 aromatic heterocycles. The maximum Gasteiger partial charge on any atom is 0.220 e. The van der Waals surface area contributed by atoms with Crippen molar-refractivity contribution in [3.63, 3.8) is 0 Å². The van der Waals surface area contributed by atoms with Crippen LogP contribution in [0.4, 0.5) is 0 Å². The van der Waals surface area contributed by atoms with Gasteiger partial charge in [0.15, 0.2) is 0 Å². The Morgan fingerprint density at radius 3 is 2.50 bits per heavy atom. The second kappa shape index (κ2) is 15.2. The van der Waals surface area contributed by atoms with E-state index >= 15 is 0 Å². The fraction of sp³-hybridized carbons (Fsp3) is 0.632. The molecule has 1 aromatic rings. The Balaban J connectivity index is 0.00000312. The highest BCUT2D eigenvalue weighted by atomic mass is 35.5. The molecule has 1 aliphatic heterocycles. The van der Waals surface area contributed by atoms with E-state index in [0.717, 1.165) is 51.9 Å². The molecule has 1 aromatic carbocycles. The number of nitrogens with zero attached hydrogens (tertiary/aromatic N) is 1. The molecule has 0 unspecified atom stereocenters. The van der Waals surface area contributed by atoms with Gasteiger partial charge in [0.25, 0.3) is 0 Å². The van der Waals surface area contributed by atoms with Gasteiger partial charge in [-0.1, -0.05) is 30.3 Å². The standard InChI is InChI=1S/C19H31N3O2.2ClH/c20-11-4-8-19(23)21-12-5-15-24-18-9-13-22(14-10-18)16-17-6-2-1-3-7-17;;/h1-3,6-7,18H,4-5,8-16,20H2,(H,21,23);2*1H. The number of benzene rings is 1. The van der Waals surface area contributed by atoms with Crippen LogP contribution in [0.2, 0.25) is 0 Å². The van der Waals surface area contributed by atoms with Gasteiger partial charge in [-0.3, -0.25) is 9.69 Å². The van der Waals surface area contributed by atoms with Crippen molar-refractivity contribution < 1.29 is 9.53 Å². The van der Waals surface area contributed by atoms with Gasteiger partial charge in [0.2, 0.25) is 5.91 Å². The largest absolute Gasteiger partial charge is 0.378 e. The topological polar surface area (TPSA) is 67.6 Å². The highest BCUT2D eigenvalue weighted by Crippen LogP contribution is 2.16. The summed E-state index contributed by atoms with van der Waals surface area (Å²) >= 11 is 0. The van der Waals surface area contributed by atoms with E-state index in [9.17, 15) is 4.79 Å². The third-order valence-electron chi connectivity index (χ3n) is 4.39. The summed E-state index contributed by atoms with van der Waals surface area (Å²) < 4.78 is 5.95. The first-order chi connectivity index (χ1) is 11.8. The molecule has 0 radical (unpaired) electrons. The van der Waals surface area contributed by atoms with Crippen LogP contribution in [0.3, 0.4) is 0 Å². The molecule has 1 heterocycles. The van der Waals surface area contributed by atoms with Crippen LogP contribution in [0.15, 0.2) is 30.3 Å². The molecule has 0 aliphatic carbocycles. The maximum absolute atomic E-state index is 11.4. The van der Waals surface area contributed by atoms with Gasteiger partial charge in [-0.2, -0.15) is 0 Å². The SMILES string of the molecule is Cl.Cl.NCCCC(=O)NCCCOC1CCN(Cc2ccccc2)CC1. The van der Waals surface area contributed by atoms with Gasteiger partial charge in [-0.25, -0.2) is 0 Å². The van der Waals surface area contributed by atoms with Crippen molar-refractivity contribution in [1.82, 2.24) is 10.2 Å². The van der Waals surface area contributed by atoms with Gasteiger partial charge in [0.1, 0.15) is 0 Å². The number of nitrogens with one attached hydrogen (secondary N) is 1. The minimum atomic E-state index is 0. The molecule has 0 spiro atoms. The summed E-state index contributed by atoms with van der Waals surface area (Å²) in [6.45, 7) is 5.20. The van der Waals surface area contributed by atoms with Crippen LogP contribution in [-0.4, -0.2) is 49.7 Å². The van der Waals surface area contributed by atoms with E-state index in [4.69, 9.17) is 10.5 Å². The van der Waals surface area contributed by atoms with Crippen LogP contribution in [0.25, 0.3) is 0 Å². The first-order valence-electron chi connectivity index (χ1n) is 9.12. The Labute approximate surface area is 169 Å². The Morgan fingerprint density at radius 2 is 1.85 bits per heavy atom. The number of amides is 1. The number of hydrogen-bond acceptors (Lipinski definition) is 4. The molecule has 1 amide bonds. The summed E-state index contributed by atoms with van der Waals surface area (Å²) in [6.07, 6.45) is 4.70. The molecule has 1 aliphatic rings. The number of carbonyl (C=O) groups is 1. The summed E-state index contributed by atoms with van der Waals surface area (Å²) in [7, 11) is 0. The van der Waals surface area contributed by atoms with Crippen molar-refractivity contribution in [2.24, 2.45) is 5.73 Å². The van der Waals surface area contributed by atoms with E-state index in [1.807, 2.05) is 0 Å². The molecular formula is C19H33Cl2N3O2. The number of halogens is 2. The lowest BCUT2D eigenvalue weighted by Gasteiger charge is -2.32. The monoisotopic (exact) mass is 405 g/mol. The van der Waals surface area contributed by atoms with Gasteiger partial charge < -0.3 is 15.8 Å². The number of nitrogens with two attached hydrogens (primary N) is 1. The molecule has 3 N–H and O–H groups in total. The van der Waals surface area contributed by atoms with E-state index in [-0.39, 0.29) is 30.7 Å². The van der Waals surface area contributed by atoms with E-state index < -0.39 is 0 Å². The van der Waals surface area contributed by atoms with Crippen molar-refractivity contribution in [3.05, 3.63) is 35.9 Å². The highest BCUT2D eigenvalue weighted by molar-refractivity contribution is 5.85. The number of likely N-dealkylation sites (tertiary alicyclic amines) is 1. The molecule has 150 valence electrons. The zero-order valence-corrected chi connectivity index (χ0v) is 17.0. The van der Waals surface area contributed by atoms with Gasteiger partial charge in [0.05, 0.1) is 6.10 Å². The molecule has 0 bridgehead atoms. The molecule has 0 atom stereocenters. The molecular weight excluding hydrogens is 373 g/mol. The van der Waals surface area contributed by atoms with E-state index in [0.29, 0.717) is 25.6 Å². The van der Waals surface area contributed by atoms with Crippen LogP contribution in [0, 0.1) is 0 Å². The van der Waals surface area contributed by atoms with Crippen LogP contribution < -0.4 is 11.1 Å². The number of ether oxygens (including phenoxy) is 1. The van der Waals surface area contributed by atoms with Gasteiger partial charge in [0, 0.05) is 39.2 Å². The molecule has 2 rings (SSSR count). The van der Waals surface area contributed by atoms with Crippen molar-refractivity contribution in [2.75, 3.05) is 32.8 Å². The van der Waals surface area contributed by atoms with Gasteiger partial charge in [-0.15, -0.1) is 24.8 Å². The normalized spacial score (nSPS) is 15.0. The Morgan fingerprint density at radius 1 is 1.15 bits per heavy atom. The van der Waals surface area contributed by atoms with Gasteiger partial charge in [-0.05, 0) is 37.8 Å². The third kappa shape index (κ3) is 10.3. The molecule has 0 saturated carbocycles. The van der Waals surface area contributed by atoms with E-state index in [1.54, 1.807) is 0 Å². The fourth-order valence-electron chi connectivity index (χ4n) is 2.98. The third-order valence-corrected chi connectivity index (χ3v) is 4.39. The number of hydrogen-bond donors (Lipinski definition) is 2. The summed E-state index contributed by atoms with van der Waals surface area (Å²) in [4.78, 5) is 13.9. The average Bonchev–Trinajstić information content (AvgIpc) is 2.62. The summed E-state index contributed by atoms with van der Waals surface area (Å²) in [6, 6.07) is 10.6. The minimum Gasteiger partial charge on any atom is -0.378 e. The molecule has 1 saturated heterocycles. The van der Waals surface area contributed by atoms with Crippen LogP contribution in [0.5, 0.6) is 0 Å². The maximum atomic E-state index is 11.4. The zero-order chi connectivity index (χ0) is 17.0. The van der Waals surface area contributed by atoms with Crippen molar-refractivity contribution in [3.8, 4) is 0 Å². The number of rotatable bonds is 10. The Bertz CT molecular complexity index is 469. The van der Waals surface area contributed by atoms with Crippen molar-refractivity contribution in [1.29, 1.82) is 0 Å². The van der Waals surface area contributed by atoms with Crippen molar-refractivity contribution in [2.45, 2.75) is 44.8 Å². The smallest absolute Gasteiger partial charge is 0.220 e. The number of piperidine rings is 1. The van der Waals surface area contributed by atoms with E-state index in [2.05, 4.69) is 40.5 Å². The molecule has 5 nitrogen and oxygen atoms in total. The quantitative estimate of drug-likeness (QED) is 0.587. The summed E-state index contributed by atoms with van der Waals surface area (Å²) in [5, 5.41) is 2.91. The predicted octanol–water partition coefficient (Wildman–Crippen LogP) is 2.76. The summed E-state index contributed by atoms with van der Waals surface area (Å²) in [5.41, 5.74) is 6.76. The first-order valence-corrected chi connectivity index (χ1v) is 9.12. The summed E-state index contributed by atoms with van der Waals surface area (Å²) in [5.74, 6) is 0.0923. The van der Waals surface area contributed by atoms with Crippen molar-refractivity contribution >= 4 is 30.7 Å². The van der Waals surface area contributed by atoms with Crippen LogP contribution in [0.1, 0.15) is 37.7 Å². The first kappa shape index (κ1) is 25.1. The van der Waals surface area contributed by atoms with E-state index in [1.165, 1.54) is 5.56 Å². The molecule has 1 fully saturated rings. The molecule has 7 heteroatoms. The highest BCUT2D eigenvalue weighted by Gasteiger charge is 2.19. The molecule has 26 heavy (non-hydrogen) atoms. The lowest BCUT2D eigenvalue weighted by Crippen LogP contribution is -2.36. The van der Waals surface area contributed by atoms with Gasteiger partial charge >= 0.3 is 0 Å². The average molecular weight is 406 g/mol. The second-order valence-corrected chi connectivity index (χ2v) is 6.43. The predicted molar refractivity (Wildman–Crippen MR) is 111 cm³/mol. The lowest BCUT2D eigenvalue weighted by atomic mass is 10.1. The Hall–Kier alpha value is -0.850. The number of carbonyl (C=O) groups excluding carboxylic acids is 1. The van der Waals surface area contributed by atoms with Crippen LogP contribution >= 0.6 is 24.8 Å². The zero-order valence-electron chi connectivity index (χ0n) is 15.4. The van der Waals surface area contributed by atoms with Crippen LogP contribution in [-0.2, 0) is 16.1 Å². The fourth-order valence-corrected chi connectivity index (χ4v) is 2.98. The lowest BCUT2D eigenvalue weighted by molar-refractivity contribution is -0.121. The Kier molecular flexibility index (Phi) is 14.7. The minimum absolute atomic E-state index is 0.